The number of hydrogen-bond acceptors (Lipinski definition) is 3. The lowest BCUT2D eigenvalue weighted by Crippen LogP contribution is -2.46. The van der Waals surface area contributed by atoms with E-state index in [1.165, 1.54) is 0 Å². The average Bonchev–Trinajstić information content (AvgIpc) is 2.64. The van der Waals surface area contributed by atoms with E-state index in [4.69, 9.17) is 4.74 Å². The Morgan fingerprint density at radius 2 is 2.07 bits per heavy atom. The molecule has 1 amide bonds. The molecule has 2 aromatic rings. The van der Waals surface area contributed by atoms with Crippen LogP contribution in [0.2, 0.25) is 0 Å². The molecule has 142 valence electrons. The van der Waals surface area contributed by atoms with Gasteiger partial charge in [-0.3, -0.25) is 4.79 Å². The van der Waals surface area contributed by atoms with Gasteiger partial charge in [-0.1, -0.05) is 24.6 Å². The minimum atomic E-state index is -0.606. The van der Waals surface area contributed by atoms with Crippen molar-refractivity contribution in [2.75, 3.05) is 19.0 Å². The zero-order valence-corrected chi connectivity index (χ0v) is 15.8. The van der Waals surface area contributed by atoms with Crippen LogP contribution in [0.25, 0.3) is 0 Å². The number of carbonyl (C=O) groups excluding carboxylic acids is 1. The highest BCUT2D eigenvalue weighted by molar-refractivity contribution is 6.00. The average molecular weight is 368 g/mol. The van der Waals surface area contributed by atoms with Crippen molar-refractivity contribution in [1.82, 2.24) is 5.32 Å². The number of nitrogens with one attached hydrogen (secondary N) is 2. The van der Waals surface area contributed by atoms with Gasteiger partial charge in [0.15, 0.2) is 0 Å². The predicted octanol–water partition coefficient (Wildman–Crippen LogP) is 3.85. The summed E-state index contributed by atoms with van der Waals surface area (Å²) in [4.78, 5) is 13.2. The van der Waals surface area contributed by atoms with Gasteiger partial charge in [-0.05, 0) is 67.1 Å². The van der Waals surface area contributed by atoms with Gasteiger partial charge in [0.05, 0.1) is 18.2 Å². The number of halogens is 1. The van der Waals surface area contributed by atoms with Crippen molar-refractivity contribution in [2.45, 2.75) is 44.6 Å². The molecule has 1 saturated carbocycles. The van der Waals surface area contributed by atoms with E-state index in [2.05, 4.69) is 10.6 Å². The molecular formula is C22H25FN2O2. The molecule has 0 radical (unpaired) electrons. The molecule has 1 fully saturated rings. The molecule has 2 aromatic carbocycles. The van der Waals surface area contributed by atoms with Crippen LogP contribution in [-0.2, 0) is 23.2 Å². The predicted molar refractivity (Wildman–Crippen MR) is 104 cm³/mol. The minimum Gasteiger partial charge on any atom is -0.496 e. The number of carbonyl (C=O) groups is 1. The molecule has 0 bridgehead atoms. The van der Waals surface area contributed by atoms with E-state index in [9.17, 15) is 9.18 Å². The molecule has 4 nitrogen and oxygen atoms in total. The summed E-state index contributed by atoms with van der Waals surface area (Å²) in [5, 5.41) is 6.12. The lowest BCUT2D eigenvalue weighted by molar-refractivity contribution is -0.124. The first-order chi connectivity index (χ1) is 13.0. The van der Waals surface area contributed by atoms with Crippen LogP contribution in [-0.4, -0.2) is 19.6 Å². The number of ether oxygens (including phenoxy) is 1. The molecule has 27 heavy (non-hydrogen) atoms. The van der Waals surface area contributed by atoms with Gasteiger partial charge in [-0.25, -0.2) is 4.39 Å². The number of anilines is 1. The minimum absolute atomic E-state index is 0.132. The van der Waals surface area contributed by atoms with Crippen LogP contribution in [0, 0.1) is 12.7 Å². The molecule has 0 unspecified atom stereocenters. The lowest BCUT2D eigenvalue weighted by atomic mass is 9.63. The Morgan fingerprint density at radius 1 is 1.26 bits per heavy atom. The van der Waals surface area contributed by atoms with Crippen molar-refractivity contribution in [1.29, 1.82) is 0 Å². The first-order valence-electron chi connectivity index (χ1n) is 9.53. The van der Waals surface area contributed by atoms with Crippen molar-refractivity contribution in [3.63, 3.8) is 0 Å². The Bertz CT molecular complexity index is 890. The standard InChI is InChI=1S/C22H25FN2O2/c1-14-4-6-16(12-19(14)27-2)22(9-3-10-22)21(26)25-18-7-5-15-13-24-11-8-17(15)20(18)23/h4-7,12,24H,3,8-11,13H2,1-2H3,(H,25,26). The first-order valence-corrected chi connectivity index (χ1v) is 9.53. The van der Waals surface area contributed by atoms with Crippen LogP contribution in [0.3, 0.4) is 0 Å². The number of hydrogen-bond donors (Lipinski definition) is 2. The molecule has 2 N–H and O–H groups in total. The Kier molecular flexibility index (Phi) is 4.64. The van der Waals surface area contributed by atoms with E-state index >= 15 is 0 Å². The zero-order valence-electron chi connectivity index (χ0n) is 15.8. The molecule has 0 aromatic heterocycles. The largest absolute Gasteiger partial charge is 0.496 e. The van der Waals surface area contributed by atoms with Gasteiger partial charge in [-0.2, -0.15) is 0 Å². The summed E-state index contributed by atoms with van der Waals surface area (Å²) < 4.78 is 20.4. The van der Waals surface area contributed by atoms with Crippen molar-refractivity contribution >= 4 is 11.6 Å². The van der Waals surface area contributed by atoms with Crippen LogP contribution in [0.4, 0.5) is 10.1 Å². The maximum absolute atomic E-state index is 14.9. The molecule has 0 atom stereocenters. The fourth-order valence-electron chi connectivity index (χ4n) is 4.17. The maximum atomic E-state index is 14.9. The molecule has 1 aliphatic heterocycles. The number of aryl methyl sites for hydroxylation is 1. The van der Waals surface area contributed by atoms with Gasteiger partial charge < -0.3 is 15.4 Å². The lowest BCUT2D eigenvalue weighted by Gasteiger charge is -2.41. The van der Waals surface area contributed by atoms with Crippen LogP contribution in [0.1, 0.15) is 41.5 Å². The van der Waals surface area contributed by atoms with Gasteiger partial charge in [-0.15, -0.1) is 0 Å². The highest BCUT2D eigenvalue weighted by Crippen LogP contribution is 2.46. The molecule has 1 aliphatic carbocycles. The van der Waals surface area contributed by atoms with Gasteiger partial charge in [0.25, 0.3) is 0 Å². The van der Waals surface area contributed by atoms with E-state index < -0.39 is 5.41 Å². The van der Waals surface area contributed by atoms with E-state index in [1.54, 1.807) is 13.2 Å². The Hall–Kier alpha value is -2.40. The third kappa shape index (κ3) is 3.00. The molecule has 5 heteroatoms. The number of rotatable bonds is 4. The Morgan fingerprint density at radius 3 is 2.78 bits per heavy atom. The third-order valence-electron chi connectivity index (χ3n) is 6.06. The Labute approximate surface area is 159 Å². The van der Waals surface area contributed by atoms with Crippen LogP contribution >= 0.6 is 0 Å². The van der Waals surface area contributed by atoms with Gasteiger partial charge in [0.2, 0.25) is 5.91 Å². The maximum Gasteiger partial charge on any atom is 0.235 e. The summed E-state index contributed by atoms with van der Waals surface area (Å²) >= 11 is 0. The summed E-state index contributed by atoms with van der Waals surface area (Å²) in [6.07, 6.45) is 3.16. The fraction of sp³-hybridized carbons (Fsp3) is 0.409. The van der Waals surface area contributed by atoms with Crippen LogP contribution in [0.15, 0.2) is 30.3 Å². The van der Waals surface area contributed by atoms with Crippen molar-refractivity contribution in [2.24, 2.45) is 0 Å². The second-order valence-electron chi connectivity index (χ2n) is 7.57. The number of fused-ring (bicyclic) bond motifs is 1. The molecule has 0 spiro atoms. The highest BCUT2D eigenvalue weighted by atomic mass is 19.1. The zero-order chi connectivity index (χ0) is 19.0. The summed E-state index contributed by atoms with van der Waals surface area (Å²) in [6.45, 7) is 3.41. The molecule has 2 aliphatic rings. The van der Waals surface area contributed by atoms with E-state index in [-0.39, 0.29) is 17.4 Å². The van der Waals surface area contributed by atoms with Crippen molar-refractivity contribution in [3.8, 4) is 5.75 Å². The Balaban J connectivity index is 1.64. The van der Waals surface area contributed by atoms with E-state index in [0.29, 0.717) is 18.5 Å². The summed E-state index contributed by atoms with van der Waals surface area (Å²) in [5.41, 5.74) is 3.34. The number of benzene rings is 2. The van der Waals surface area contributed by atoms with Gasteiger partial charge in [0.1, 0.15) is 11.6 Å². The first kappa shape index (κ1) is 18.0. The molecular weight excluding hydrogens is 343 g/mol. The quantitative estimate of drug-likeness (QED) is 0.862. The SMILES string of the molecule is COc1cc(C2(C(=O)Nc3ccc4c(c3F)CCNC4)CCC2)ccc1C. The summed E-state index contributed by atoms with van der Waals surface area (Å²) in [7, 11) is 1.64. The fourth-order valence-corrected chi connectivity index (χ4v) is 4.17. The van der Waals surface area contributed by atoms with E-state index in [0.717, 1.165) is 48.2 Å². The molecule has 1 heterocycles. The summed E-state index contributed by atoms with van der Waals surface area (Å²) in [5.74, 6) is 0.352. The second-order valence-corrected chi connectivity index (χ2v) is 7.57. The molecule has 4 rings (SSSR count). The topological polar surface area (TPSA) is 50.4 Å². The van der Waals surface area contributed by atoms with Crippen LogP contribution in [0.5, 0.6) is 5.75 Å². The van der Waals surface area contributed by atoms with Gasteiger partial charge in [0, 0.05) is 6.54 Å². The van der Waals surface area contributed by atoms with Crippen molar-refractivity contribution in [3.05, 3.63) is 58.4 Å². The van der Waals surface area contributed by atoms with Gasteiger partial charge >= 0.3 is 0 Å². The van der Waals surface area contributed by atoms with Crippen molar-refractivity contribution < 1.29 is 13.9 Å². The monoisotopic (exact) mass is 368 g/mol. The smallest absolute Gasteiger partial charge is 0.235 e. The third-order valence-corrected chi connectivity index (χ3v) is 6.06. The summed E-state index contributed by atoms with van der Waals surface area (Å²) in [6, 6.07) is 9.51. The van der Waals surface area contributed by atoms with Crippen LogP contribution < -0.4 is 15.4 Å². The highest BCUT2D eigenvalue weighted by Gasteiger charge is 2.46. The molecule has 0 saturated heterocycles. The number of amides is 1. The normalized spacial score (nSPS) is 17.6. The number of methoxy groups -OCH3 is 1. The second kappa shape index (κ2) is 6.97. The van der Waals surface area contributed by atoms with E-state index in [1.807, 2.05) is 31.2 Å².